The molecule has 1 fully saturated rings. The van der Waals surface area contributed by atoms with Crippen molar-refractivity contribution < 1.29 is 13.9 Å². The summed E-state index contributed by atoms with van der Waals surface area (Å²) in [5.41, 5.74) is -0.819. The van der Waals surface area contributed by atoms with E-state index in [1.54, 1.807) is 13.8 Å². The van der Waals surface area contributed by atoms with Gasteiger partial charge in [0.05, 0.1) is 12.1 Å². The molecule has 1 aromatic rings. The van der Waals surface area contributed by atoms with Gasteiger partial charge in [-0.05, 0) is 49.7 Å². The molecule has 23 heavy (non-hydrogen) atoms. The van der Waals surface area contributed by atoms with Crippen LogP contribution in [0.5, 0.6) is 0 Å². The SMILES string of the molecule is CC(C)(O)C[C@H]1[C@@H](CN(C#N)Cc2c(F)cccc2F)C1(C)C. The molecule has 2 rings (SSSR count). The zero-order valence-electron chi connectivity index (χ0n) is 14.1. The summed E-state index contributed by atoms with van der Waals surface area (Å²) in [6.45, 7) is 8.12. The van der Waals surface area contributed by atoms with Crippen molar-refractivity contribution in [1.82, 2.24) is 4.90 Å². The van der Waals surface area contributed by atoms with Crippen molar-refractivity contribution in [2.45, 2.75) is 46.3 Å². The smallest absolute Gasteiger partial charge is 0.179 e. The molecule has 0 radical (unpaired) electrons. The predicted octanol–water partition coefficient (Wildman–Crippen LogP) is 3.68. The van der Waals surface area contributed by atoms with Gasteiger partial charge in [-0.2, -0.15) is 5.26 Å². The average molecular weight is 322 g/mol. The van der Waals surface area contributed by atoms with Crippen LogP contribution in [-0.2, 0) is 6.54 Å². The third kappa shape index (κ3) is 4.00. The first-order chi connectivity index (χ1) is 10.6. The molecule has 0 amide bonds. The summed E-state index contributed by atoms with van der Waals surface area (Å²) >= 11 is 0. The van der Waals surface area contributed by atoms with E-state index < -0.39 is 17.2 Å². The lowest BCUT2D eigenvalue weighted by Crippen LogP contribution is -2.24. The van der Waals surface area contributed by atoms with Crippen LogP contribution in [-0.4, -0.2) is 22.2 Å². The third-order valence-corrected chi connectivity index (χ3v) is 4.98. The van der Waals surface area contributed by atoms with Gasteiger partial charge in [0.15, 0.2) is 6.19 Å². The van der Waals surface area contributed by atoms with Crippen molar-refractivity contribution >= 4 is 0 Å². The Balaban J connectivity index is 2.05. The maximum atomic E-state index is 13.7. The number of benzene rings is 1. The van der Waals surface area contributed by atoms with Gasteiger partial charge < -0.3 is 10.0 Å². The molecule has 0 heterocycles. The van der Waals surface area contributed by atoms with Crippen LogP contribution in [0.2, 0.25) is 0 Å². The van der Waals surface area contributed by atoms with Crippen LogP contribution in [0.3, 0.4) is 0 Å². The minimum absolute atomic E-state index is 0.0167. The number of rotatable bonds is 6. The van der Waals surface area contributed by atoms with E-state index in [9.17, 15) is 19.1 Å². The zero-order valence-corrected chi connectivity index (χ0v) is 14.1. The van der Waals surface area contributed by atoms with E-state index in [0.29, 0.717) is 18.9 Å². The Morgan fingerprint density at radius 3 is 2.30 bits per heavy atom. The van der Waals surface area contributed by atoms with Crippen LogP contribution >= 0.6 is 0 Å². The van der Waals surface area contributed by atoms with Crippen molar-refractivity contribution in [2.75, 3.05) is 6.54 Å². The predicted molar refractivity (Wildman–Crippen MR) is 84.1 cm³/mol. The molecule has 1 aliphatic rings. The number of halogens is 2. The van der Waals surface area contributed by atoms with Crippen LogP contribution in [0, 0.1) is 40.3 Å². The van der Waals surface area contributed by atoms with E-state index in [4.69, 9.17) is 0 Å². The van der Waals surface area contributed by atoms with Gasteiger partial charge in [-0.1, -0.05) is 19.9 Å². The number of hydrogen-bond donors (Lipinski definition) is 1. The molecule has 1 saturated carbocycles. The summed E-state index contributed by atoms with van der Waals surface area (Å²) in [6.07, 6.45) is 2.69. The average Bonchev–Trinajstić information content (AvgIpc) is 2.91. The lowest BCUT2D eigenvalue weighted by atomic mass is 9.97. The van der Waals surface area contributed by atoms with Crippen molar-refractivity contribution in [3.8, 4) is 6.19 Å². The molecule has 0 aliphatic heterocycles. The van der Waals surface area contributed by atoms with E-state index in [0.717, 1.165) is 0 Å². The lowest BCUT2D eigenvalue weighted by molar-refractivity contribution is 0.0599. The van der Waals surface area contributed by atoms with Crippen LogP contribution in [0.4, 0.5) is 8.78 Å². The van der Waals surface area contributed by atoms with Gasteiger partial charge in [0, 0.05) is 12.1 Å². The molecule has 3 nitrogen and oxygen atoms in total. The Bertz CT molecular complexity index is 596. The van der Waals surface area contributed by atoms with Gasteiger partial charge in [-0.3, -0.25) is 0 Å². The summed E-state index contributed by atoms with van der Waals surface area (Å²) < 4.78 is 27.5. The first-order valence-corrected chi connectivity index (χ1v) is 7.86. The molecular weight excluding hydrogens is 298 g/mol. The Morgan fingerprint density at radius 2 is 1.83 bits per heavy atom. The molecule has 1 N–H and O–H groups in total. The van der Waals surface area contributed by atoms with Crippen LogP contribution in [0.1, 0.15) is 39.7 Å². The molecule has 0 aromatic heterocycles. The molecule has 2 atom stereocenters. The Morgan fingerprint density at radius 1 is 1.26 bits per heavy atom. The van der Waals surface area contributed by atoms with Gasteiger partial charge in [0.2, 0.25) is 0 Å². The van der Waals surface area contributed by atoms with E-state index in [1.165, 1.54) is 23.1 Å². The Hall–Kier alpha value is -1.67. The van der Waals surface area contributed by atoms with Gasteiger partial charge in [0.25, 0.3) is 0 Å². The number of nitrogens with zero attached hydrogens (tertiary/aromatic N) is 2. The molecule has 5 heteroatoms. The molecule has 0 bridgehead atoms. The highest BCUT2D eigenvalue weighted by atomic mass is 19.1. The minimum Gasteiger partial charge on any atom is -0.390 e. The Kier molecular flexibility index (Phi) is 4.68. The van der Waals surface area contributed by atoms with Crippen molar-refractivity contribution in [2.24, 2.45) is 17.3 Å². The summed E-state index contributed by atoms with van der Waals surface area (Å²) in [7, 11) is 0. The highest BCUT2D eigenvalue weighted by Gasteiger charge is 2.58. The number of aliphatic hydroxyl groups is 1. The van der Waals surface area contributed by atoms with Crippen LogP contribution in [0.25, 0.3) is 0 Å². The van der Waals surface area contributed by atoms with Crippen LogP contribution in [0.15, 0.2) is 18.2 Å². The van der Waals surface area contributed by atoms with Crippen molar-refractivity contribution in [3.63, 3.8) is 0 Å². The first kappa shape index (κ1) is 17.7. The highest BCUT2D eigenvalue weighted by molar-refractivity contribution is 5.20. The fourth-order valence-electron chi connectivity index (χ4n) is 3.42. The molecule has 126 valence electrons. The highest BCUT2D eigenvalue weighted by Crippen LogP contribution is 2.61. The lowest BCUT2D eigenvalue weighted by Gasteiger charge is -2.19. The molecule has 1 aromatic carbocycles. The largest absolute Gasteiger partial charge is 0.390 e. The quantitative estimate of drug-likeness (QED) is 0.642. The Labute approximate surface area is 136 Å². The van der Waals surface area contributed by atoms with E-state index in [2.05, 4.69) is 13.8 Å². The first-order valence-electron chi connectivity index (χ1n) is 7.86. The van der Waals surface area contributed by atoms with Crippen molar-refractivity contribution in [1.29, 1.82) is 5.26 Å². The monoisotopic (exact) mass is 322 g/mol. The summed E-state index contributed by atoms with van der Waals surface area (Å²) in [6, 6.07) is 3.71. The minimum atomic E-state index is -0.758. The van der Waals surface area contributed by atoms with Gasteiger partial charge >= 0.3 is 0 Å². The number of nitriles is 1. The molecule has 1 aliphatic carbocycles. The molecule has 0 spiro atoms. The fourth-order valence-corrected chi connectivity index (χ4v) is 3.42. The van der Waals surface area contributed by atoms with Gasteiger partial charge in [-0.25, -0.2) is 8.78 Å². The molecule has 0 unspecified atom stereocenters. The molecule has 0 saturated heterocycles. The van der Waals surface area contributed by atoms with Gasteiger partial charge in [-0.15, -0.1) is 0 Å². The van der Waals surface area contributed by atoms with Crippen LogP contribution < -0.4 is 0 Å². The van der Waals surface area contributed by atoms with E-state index >= 15 is 0 Å². The third-order valence-electron chi connectivity index (χ3n) is 4.98. The second-order valence-corrected chi connectivity index (χ2v) is 7.73. The molecular formula is C18H24F2N2O. The standard InChI is InChI=1S/C18H24F2N2O/c1-17(2,23)8-13-14(18(13,3)4)10-22(11-21)9-12-15(19)6-5-7-16(12)20/h5-7,13-14,23H,8-10H2,1-4H3/t13-,14+/m0/s1. The van der Waals surface area contributed by atoms with Gasteiger partial charge in [0.1, 0.15) is 11.6 Å². The topological polar surface area (TPSA) is 47.3 Å². The zero-order chi connectivity index (χ0) is 17.4. The number of hydrogen-bond acceptors (Lipinski definition) is 3. The maximum Gasteiger partial charge on any atom is 0.179 e. The van der Waals surface area contributed by atoms with Crippen molar-refractivity contribution in [3.05, 3.63) is 35.4 Å². The summed E-state index contributed by atoms with van der Waals surface area (Å²) in [4.78, 5) is 1.40. The van der Waals surface area contributed by atoms with E-state index in [1.807, 2.05) is 6.19 Å². The normalized spacial score (nSPS) is 22.5. The van der Waals surface area contributed by atoms with E-state index in [-0.39, 0.29) is 23.4 Å². The maximum absolute atomic E-state index is 13.7. The second-order valence-electron chi connectivity index (χ2n) is 7.73. The second kappa shape index (κ2) is 6.09. The summed E-state index contributed by atoms with van der Waals surface area (Å²) in [5.74, 6) is -0.742. The summed E-state index contributed by atoms with van der Waals surface area (Å²) in [5, 5.41) is 19.3. The fraction of sp³-hybridized carbons (Fsp3) is 0.611.